The van der Waals surface area contributed by atoms with Gasteiger partial charge in [0.05, 0.1) is 25.5 Å². The minimum atomic E-state index is -1.85. The predicted octanol–water partition coefficient (Wildman–Crippen LogP) is -8.86. The standard InChI is InChI=1S/C78H134N28O19S/c1-8-42(2)61(106-71(119)51(23-13-16-31-80)97-63(111)44(4)93-62(110)43(3)82)75(123)102-53(27-28-59(83)108)67(115)94-46(6)65(113)105-58(40-107)74(122)104-56(36-47-20-10-9-11-21-47)72(120)99-49(25-18-33-89-77(84)85)66(114)91-39-60(109)96-57(37-48-38-88-41-92-48)73(121)101-54(29-35-126-7)68(116)95-45(5)64(112)98-52(26-19-34-90-78(86)87)69(117)100-50(22-12-15-30-79)70(118)103-55(76(124)125)24-14-17-32-81/h9-11,20-21,38,41-46,49-58,61,107H,8,12-19,22-37,39-40,79-82H2,1-7H3,(H2,83,108)(H,88,92)(H,91,114)(H,93,110)(H,94,115)(H,95,116)(H,96,109)(H,97,111)(H,98,112)(H,99,120)(H,100,117)(H,101,121)(H,102,123)(H,103,118)(H,104,122)(H,105,113)(H,106,119)(H,124,125)(H4,84,85,89)(H4,86,87,90)/t42-,43-,44-,45-,46-,49-,50-,51-,52-,53-,54-,55-,56-,57-,58-,61-/m0/s1. The number of unbranched alkanes of at least 4 members (excludes halogenated alkanes) is 3. The number of amides is 16. The highest BCUT2D eigenvalue weighted by Gasteiger charge is 2.38. The molecule has 0 aliphatic rings. The number of carbonyl (C=O) groups is 17. The summed E-state index contributed by atoms with van der Waals surface area (Å²) >= 11 is 1.30. The zero-order valence-electron chi connectivity index (χ0n) is 72.7. The van der Waals surface area contributed by atoms with Crippen LogP contribution in [0.5, 0.6) is 0 Å². The topological polar surface area (TPSA) is 799 Å². The lowest BCUT2D eigenvalue weighted by Crippen LogP contribution is -2.61. The van der Waals surface area contributed by atoms with E-state index in [9.17, 15) is 91.7 Å². The molecule has 0 aliphatic carbocycles. The average Bonchev–Trinajstić information content (AvgIpc) is 0.961. The number of hydrogen-bond donors (Lipinski definition) is 27. The van der Waals surface area contributed by atoms with E-state index in [1.54, 1.807) is 50.4 Å². The molecule has 48 heteroatoms. The summed E-state index contributed by atoms with van der Waals surface area (Å²) in [5.74, 6) is -16.8. The third kappa shape index (κ3) is 43.6. The molecule has 706 valence electrons. The van der Waals surface area contributed by atoms with Crippen LogP contribution in [-0.2, 0) is 94.3 Å². The fraction of sp³-hybridized carbons (Fsp3) is 0.641. The molecule has 47 nitrogen and oxygen atoms in total. The maximum atomic E-state index is 14.6. The van der Waals surface area contributed by atoms with Crippen LogP contribution in [0.4, 0.5) is 0 Å². The largest absolute Gasteiger partial charge is 0.480 e. The van der Waals surface area contributed by atoms with Crippen LogP contribution in [-0.4, -0.2) is 281 Å². The van der Waals surface area contributed by atoms with Gasteiger partial charge in [0.15, 0.2) is 11.9 Å². The number of imidazole rings is 1. The normalized spacial score (nSPS) is 14.8. The van der Waals surface area contributed by atoms with Gasteiger partial charge < -0.3 is 147 Å². The van der Waals surface area contributed by atoms with Gasteiger partial charge in [-0.3, -0.25) is 86.7 Å². The van der Waals surface area contributed by atoms with E-state index < -0.39 is 223 Å². The Morgan fingerprint density at radius 3 is 1.25 bits per heavy atom. The first kappa shape index (κ1) is 110. The number of nitrogens with zero attached hydrogens (tertiary/aromatic N) is 3. The lowest BCUT2D eigenvalue weighted by atomic mass is 9.96. The summed E-state index contributed by atoms with van der Waals surface area (Å²) in [5.41, 5.74) is 51.1. The van der Waals surface area contributed by atoms with Crippen molar-refractivity contribution in [1.82, 2.24) is 89.7 Å². The Labute approximate surface area is 736 Å². The molecule has 0 saturated heterocycles. The van der Waals surface area contributed by atoms with Crippen molar-refractivity contribution in [3.8, 4) is 0 Å². The number of rotatable bonds is 64. The minimum Gasteiger partial charge on any atom is -0.480 e. The molecule has 0 spiro atoms. The summed E-state index contributed by atoms with van der Waals surface area (Å²) in [7, 11) is 0. The van der Waals surface area contributed by atoms with E-state index in [-0.39, 0.29) is 108 Å². The van der Waals surface area contributed by atoms with Crippen molar-refractivity contribution in [1.29, 1.82) is 0 Å². The van der Waals surface area contributed by atoms with Crippen LogP contribution in [0.2, 0.25) is 0 Å². The monoisotopic (exact) mass is 1800 g/mol. The molecule has 1 aromatic carbocycles. The summed E-state index contributed by atoms with van der Waals surface area (Å²) in [4.78, 5) is 249. The van der Waals surface area contributed by atoms with E-state index in [1.165, 1.54) is 52.0 Å². The Morgan fingerprint density at radius 1 is 0.437 bits per heavy atom. The minimum absolute atomic E-state index is 0.0119. The van der Waals surface area contributed by atoms with Gasteiger partial charge in [0.1, 0.15) is 84.6 Å². The van der Waals surface area contributed by atoms with Crippen molar-refractivity contribution in [2.75, 3.05) is 57.9 Å². The number of aliphatic hydroxyl groups is 1. The number of benzene rings is 1. The molecule has 2 rings (SSSR count). The number of primary amides is 1. The third-order valence-electron chi connectivity index (χ3n) is 19.7. The summed E-state index contributed by atoms with van der Waals surface area (Å²) in [6, 6.07) is -13.0. The van der Waals surface area contributed by atoms with Gasteiger partial charge in [-0.05, 0) is 167 Å². The first-order valence-corrected chi connectivity index (χ1v) is 43.2. The Morgan fingerprint density at radius 2 is 0.817 bits per heavy atom. The second-order valence-corrected chi connectivity index (χ2v) is 31.3. The van der Waals surface area contributed by atoms with E-state index >= 15 is 0 Å². The second-order valence-electron chi connectivity index (χ2n) is 30.3. The van der Waals surface area contributed by atoms with Gasteiger partial charge in [0.25, 0.3) is 0 Å². The first-order chi connectivity index (χ1) is 59.7. The lowest BCUT2D eigenvalue weighted by Gasteiger charge is -2.29. The molecule has 2 aromatic rings. The average molecular weight is 1800 g/mol. The molecule has 36 N–H and O–H groups in total. The molecule has 16 atom stereocenters. The van der Waals surface area contributed by atoms with E-state index in [4.69, 9.17) is 51.6 Å². The lowest BCUT2D eigenvalue weighted by molar-refractivity contribution is -0.142. The highest BCUT2D eigenvalue weighted by Crippen LogP contribution is 2.15. The number of guanidine groups is 2. The molecular formula is C78H134N28O19S. The first-order valence-electron chi connectivity index (χ1n) is 41.8. The van der Waals surface area contributed by atoms with Crippen molar-refractivity contribution in [2.45, 2.75) is 254 Å². The number of nitrogens with two attached hydrogens (primary N) is 9. The van der Waals surface area contributed by atoms with Crippen LogP contribution in [0.1, 0.15) is 162 Å². The summed E-state index contributed by atoms with van der Waals surface area (Å²) in [5, 5.41) is 58.4. The van der Waals surface area contributed by atoms with Crippen molar-refractivity contribution in [3.63, 3.8) is 0 Å². The van der Waals surface area contributed by atoms with Crippen LogP contribution in [0.25, 0.3) is 0 Å². The molecule has 1 aromatic heterocycles. The highest BCUT2D eigenvalue weighted by atomic mass is 32.2. The second kappa shape index (κ2) is 60.6. The van der Waals surface area contributed by atoms with E-state index in [0.29, 0.717) is 62.7 Å². The van der Waals surface area contributed by atoms with Crippen LogP contribution in [0.3, 0.4) is 0 Å². The number of aromatic nitrogens is 2. The molecule has 16 amide bonds. The number of carboxylic acid groups (broad SMARTS) is 1. The molecule has 1 heterocycles. The quantitative estimate of drug-likeness (QED) is 0.0166. The summed E-state index contributed by atoms with van der Waals surface area (Å²) in [6.07, 6.45) is 5.66. The van der Waals surface area contributed by atoms with Gasteiger partial charge in [0, 0.05) is 44.2 Å². The van der Waals surface area contributed by atoms with Crippen LogP contribution in [0.15, 0.2) is 52.8 Å². The Bertz CT molecular complexity index is 3900. The molecule has 126 heavy (non-hydrogen) atoms. The molecule has 0 fully saturated rings. The Kier molecular flexibility index (Phi) is 53.0. The van der Waals surface area contributed by atoms with E-state index in [1.807, 2.05) is 0 Å². The molecule has 0 radical (unpaired) electrons. The molecule has 0 unspecified atom stereocenters. The molecule has 0 aliphatic heterocycles. The number of aliphatic hydroxyl groups excluding tert-OH is 1. The zero-order chi connectivity index (χ0) is 94.5. The Hall–Kier alpha value is -11.9. The molecule has 0 bridgehead atoms. The maximum absolute atomic E-state index is 14.6. The van der Waals surface area contributed by atoms with Gasteiger partial charge in [-0.2, -0.15) is 11.8 Å². The number of aliphatic imine (C=N–C) groups is 2. The summed E-state index contributed by atoms with van der Waals surface area (Å²) in [6.45, 7) is 7.39. The fourth-order valence-corrected chi connectivity index (χ4v) is 12.6. The number of thioether (sulfide) groups is 1. The van der Waals surface area contributed by atoms with Crippen LogP contribution in [0, 0.1) is 5.92 Å². The molecule has 0 saturated carbocycles. The predicted molar refractivity (Wildman–Crippen MR) is 467 cm³/mol. The van der Waals surface area contributed by atoms with Crippen molar-refractivity contribution in [3.05, 3.63) is 54.1 Å². The highest BCUT2D eigenvalue weighted by molar-refractivity contribution is 7.98. The fourth-order valence-electron chi connectivity index (χ4n) is 12.1. The number of carbonyl (C=O) groups excluding carboxylic acids is 16. The number of carboxylic acids is 1. The maximum Gasteiger partial charge on any atom is 0.326 e. The summed E-state index contributed by atoms with van der Waals surface area (Å²) < 4.78 is 0. The van der Waals surface area contributed by atoms with Gasteiger partial charge in [-0.1, -0.05) is 50.6 Å². The van der Waals surface area contributed by atoms with Crippen molar-refractivity contribution < 1.29 is 91.7 Å². The SMILES string of the molecule is CC[C@H](C)[C@H](NC(=O)[C@H](CCCCN)NC(=O)[C@H](C)NC(=O)[C@H](C)N)C(=O)N[C@@H](CCC(N)=O)C(=O)N[C@@H](C)C(=O)N[C@@H](CO)C(=O)N[C@@H](Cc1ccccc1)C(=O)N[C@@H](CCCN=C(N)N)C(=O)NCC(=O)N[C@@H](Cc1cnc[nH]1)C(=O)N[C@@H](CCSC)C(=O)N[C@@H](C)C(=O)N[C@@H](CCCN=C(N)N)C(=O)N[C@@H](CCCCN)C(=O)N[C@@H](CCCCN)C(=O)O. The van der Waals surface area contributed by atoms with Crippen molar-refractivity contribution >= 4 is 124 Å². The van der Waals surface area contributed by atoms with Gasteiger partial charge in [-0.15, -0.1) is 0 Å². The van der Waals surface area contributed by atoms with E-state index in [2.05, 4.69) is 99.7 Å². The number of aromatic amines is 1. The van der Waals surface area contributed by atoms with Crippen LogP contribution >= 0.6 is 11.8 Å². The van der Waals surface area contributed by atoms with Gasteiger partial charge in [-0.25, -0.2) is 9.78 Å². The number of nitrogens with one attached hydrogen (secondary N) is 16. The number of H-pyrrole nitrogens is 1. The van der Waals surface area contributed by atoms with Gasteiger partial charge in [0.2, 0.25) is 94.5 Å². The van der Waals surface area contributed by atoms with E-state index in [0.717, 1.165) is 0 Å². The number of aliphatic carboxylic acids is 1. The van der Waals surface area contributed by atoms with Gasteiger partial charge >= 0.3 is 5.97 Å². The van der Waals surface area contributed by atoms with Crippen molar-refractivity contribution in [2.24, 2.45) is 67.5 Å². The number of hydrogen-bond acceptors (Lipinski definition) is 26. The van der Waals surface area contributed by atoms with Crippen LogP contribution < -0.4 is 131 Å². The smallest absolute Gasteiger partial charge is 0.326 e. The zero-order valence-corrected chi connectivity index (χ0v) is 73.5. The Balaban J connectivity index is 2.45. The molecular weight excluding hydrogens is 1670 g/mol. The third-order valence-corrected chi connectivity index (χ3v) is 20.3.